The SMILES string of the molecule is CC(O)C[N+](C)(C)CC(O)CCl.[Cl-]. The van der Waals surface area contributed by atoms with Crippen LogP contribution >= 0.6 is 11.6 Å². The van der Waals surface area contributed by atoms with E-state index in [0.29, 0.717) is 17.6 Å². The monoisotopic (exact) mass is 231 g/mol. The molecule has 0 rings (SSSR count). The van der Waals surface area contributed by atoms with Gasteiger partial charge in [-0.25, -0.2) is 0 Å². The Labute approximate surface area is 91.3 Å². The number of alkyl halides is 1. The molecule has 0 heterocycles. The van der Waals surface area contributed by atoms with E-state index in [1.54, 1.807) is 6.92 Å². The number of quaternary nitrogens is 1. The van der Waals surface area contributed by atoms with E-state index in [2.05, 4.69) is 0 Å². The lowest BCUT2D eigenvalue weighted by Gasteiger charge is -2.32. The molecule has 0 amide bonds. The molecule has 0 fully saturated rings. The predicted octanol–water partition coefficient (Wildman–Crippen LogP) is -2.95. The zero-order chi connectivity index (χ0) is 9.78. The molecule has 2 N–H and O–H groups in total. The summed E-state index contributed by atoms with van der Waals surface area (Å²) in [4.78, 5) is 0. The predicted molar refractivity (Wildman–Crippen MR) is 50.3 cm³/mol. The summed E-state index contributed by atoms with van der Waals surface area (Å²) in [6.07, 6.45) is -0.831. The van der Waals surface area contributed by atoms with Crippen molar-refractivity contribution in [2.24, 2.45) is 0 Å². The van der Waals surface area contributed by atoms with E-state index >= 15 is 0 Å². The van der Waals surface area contributed by atoms with Gasteiger partial charge in [-0.2, -0.15) is 0 Å². The maximum atomic E-state index is 9.28. The Morgan fingerprint density at radius 2 is 1.69 bits per heavy atom. The number of likely N-dealkylation sites (N-methyl/N-ethyl adjacent to an activating group) is 1. The van der Waals surface area contributed by atoms with Crippen molar-refractivity contribution in [2.75, 3.05) is 33.1 Å². The largest absolute Gasteiger partial charge is 1.00 e. The number of aliphatic hydroxyl groups is 2. The second-order valence-corrected chi connectivity index (χ2v) is 4.27. The fourth-order valence-corrected chi connectivity index (χ4v) is 1.51. The molecule has 0 saturated heterocycles. The summed E-state index contributed by atoms with van der Waals surface area (Å²) in [5.74, 6) is 0.251. The van der Waals surface area contributed by atoms with Gasteiger partial charge in [0.1, 0.15) is 25.3 Å². The summed E-state index contributed by atoms with van der Waals surface area (Å²) < 4.78 is 0.589. The smallest absolute Gasteiger partial charge is 0.116 e. The summed E-state index contributed by atoms with van der Waals surface area (Å²) in [5.41, 5.74) is 0. The Balaban J connectivity index is 0. The van der Waals surface area contributed by atoms with Crippen molar-refractivity contribution in [1.82, 2.24) is 0 Å². The topological polar surface area (TPSA) is 40.5 Å². The van der Waals surface area contributed by atoms with E-state index in [1.807, 2.05) is 14.1 Å². The van der Waals surface area contributed by atoms with Crippen molar-refractivity contribution in [2.45, 2.75) is 19.1 Å². The molecule has 3 nitrogen and oxygen atoms in total. The highest BCUT2D eigenvalue weighted by molar-refractivity contribution is 6.18. The minimum Gasteiger partial charge on any atom is -1.00 e. The van der Waals surface area contributed by atoms with E-state index in [0.717, 1.165) is 0 Å². The van der Waals surface area contributed by atoms with Crippen LogP contribution in [0.1, 0.15) is 6.92 Å². The highest BCUT2D eigenvalue weighted by Crippen LogP contribution is 2.03. The van der Waals surface area contributed by atoms with Crippen molar-refractivity contribution in [3.05, 3.63) is 0 Å². The first-order valence-corrected chi connectivity index (χ1v) is 4.65. The molecule has 0 aliphatic rings. The van der Waals surface area contributed by atoms with E-state index in [-0.39, 0.29) is 24.4 Å². The molecule has 2 unspecified atom stereocenters. The number of nitrogens with zero attached hydrogens (tertiary/aromatic N) is 1. The van der Waals surface area contributed by atoms with Gasteiger partial charge < -0.3 is 27.1 Å². The van der Waals surface area contributed by atoms with Crippen molar-refractivity contribution < 1.29 is 27.1 Å². The number of halogens is 2. The van der Waals surface area contributed by atoms with Gasteiger partial charge in [0.15, 0.2) is 0 Å². The minimum absolute atomic E-state index is 0. The van der Waals surface area contributed by atoms with Gasteiger partial charge in [0.05, 0.1) is 20.0 Å². The molecule has 0 aromatic heterocycles. The van der Waals surface area contributed by atoms with Gasteiger partial charge >= 0.3 is 0 Å². The van der Waals surface area contributed by atoms with Crippen LogP contribution in [0.4, 0.5) is 0 Å². The van der Waals surface area contributed by atoms with Crippen LogP contribution in [0, 0.1) is 0 Å². The molecule has 13 heavy (non-hydrogen) atoms. The van der Waals surface area contributed by atoms with Gasteiger partial charge in [-0.15, -0.1) is 11.6 Å². The van der Waals surface area contributed by atoms with Gasteiger partial charge in [0.2, 0.25) is 0 Å². The van der Waals surface area contributed by atoms with Crippen molar-refractivity contribution in [1.29, 1.82) is 0 Å². The van der Waals surface area contributed by atoms with Crippen LogP contribution < -0.4 is 12.4 Å². The van der Waals surface area contributed by atoms with E-state index < -0.39 is 6.10 Å². The lowest BCUT2D eigenvalue weighted by atomic mass is 10.3. The first-order chi connectivity index (χ1) is 5.37. The lowest BCUT2D eigenvalue weighted by Crippen LogP contribution is -3.00. The summed E-state index contributed by atoms with van der Waals surface area (Å²) >= 11 is 5.47. The first-order valence-electron chi connectivity index (χ1n) is 4.11. The van der Waals surface area contributed by atoms with Gasteiger partial charge in [-0.1, -0.05) is 0 Å². The van der Waals surface area contributed by atoms with E-state index in [4.69, 9.17) is 16.7 Å². The first kappa shape index (κ1) is 15.9. The highest BCUT2D eigenvalue weighted by Gasteiger charge is 2.21. The van der Waals surface area contributed by atoms with Crippen LogP contribution in [0.5, 0.6) is 0 Å². The normalized spacial score (nSPS) is 16.2. The molecule has 0 radical (unpaired) electrons. The molecule has 0 bridgehead atoms. The average Bonchev–Trinajstić information content (AvgIpc) is 1.83. The molecule has 0 saturated carbocycles. The van der Waals surface area contributed by atoms with Crippen LogP contribution in [-0.4, -0.2) is 60.0 Å². The minimum atomic E-state index is -0.486. The molecule has 5 heteroatoms. The van der Waals surface area contributed by atoms with Crippen molar-refractivity contribution >= 4 is 11.6 Å². The molecular weight excluding hydrogens is 213 g/mol. The van der Waals surface area contributed by atoms with Crippen LogP contribution in [0.3, 0.4) is 0 Å². The molecule has 0 aliphatic carbocycles. The molecule has 0 aromatic carbocycles. The molecule has 0 aliphatic heterocycles. The van der Waals surface area contributed by atoms with Crippen LogP contribution in [0.25, 0.3) is 0 Å². The highest BCUT2D eigenvalue weighted by atomic mass is 35.5. The Kier molecular flexibility index (Phi) is 8.38. The number of hydrogen-bond acceptors (Lipinski definition) is 2. The van der Waals surface area contributed by atoms with Crippen molar-refractivity contribution in [3.63, 3.8) is 0 Å². The summed E-state index contributed by atoms with van der Waals surface area (Å²) in [6.45, 7) is 2.95. The van der Waals surface area contributed by atoms with Gasteiger partial charge in [-0.05, 0) is 6.92 Å². The van der Waals surface area contributed by atoms with E-state index in [9.17, 15) is 5.11 Å². The quantitative estimate of drug-likeness (QED) is 0.393. The maximum Gasteiger partial charge on any atom is 0.116 e. The third-order valence-corrected chi connectivity index (χ3v) is 2.00. The van der Waals surface area contributed by atoms with Gasteiger partial charge in [-0.3, -0.25) is 0 Å². The second kappa shape index (κ2) is 6.85. The lowest BCUT2D eigenvalue weighted by molar-refractivity contribution is -0.895. The zero-order valence-electron chi connectivity index (χ0n) is 8.37. The standard InChI is InChI=1S/C8H19ClNO2.ClH/c1-7(11)5-10(2,3)6-8(12)4-9;/h7-8,11-12H,4-6H2,1-3H3;1H/q+1;/p-1. The average molecular weight is 232 g/mol. The number of aliphatic hydroxyl groups excluding tert-OH is 2. The molecule has 2 atom stereocenters. The number of hydrogen-bond donors (Lipinski definition) is 2. The Morgan fingerprint density at radius 1 is 1.23 bits per heavy atom. The summed E-state index contributed by atoms with van der Waals surface area (Å²) in [6, 6.07) is 0. The molecular formula is C8H19Cl2NO2. The fraction of sp³-hybridized carbons (Fsp3) is 1.00. The Morgan fingerprint density at radius 3 is 2.00 bits per heavy atom. The fourth-order valence-electron chi connectivity index (χ4n) is 1.41. The third-order valence-electron chi connectivity index (χ3n) is 1.64. The van der Waals surface area contributed by atoms with Crippen molar-refractivity contribution in [3.8, 4) is 0 Å². The van der Waals surface area contributed by atoms with Crippen LogP contribution in [0.2, 0.25) is 0 Å². The van der Waals surface area contributed by atoms with Crippen LogP contribution in [-0.2, 0) is 0 Å². The Hall–Kier alpha value is 0.460. The van der Waals surface area contributed by atoms with Gasteiger partial charge in [0.25, 0.3) is 0 Å². The second-order valence-electron chi connectivity index (χ2n) is 3.96. The summed E-state index contributed by atoms with van der Waals surface area (Å²) in [5, 5.41) is 18.4. The third kappa shape index (κ3) is 8.78. The molecule has 82 valence electrons. The molecule has 0 aromatic rings. The zero-order valence-corrected chi connectivity index (χ0v) is 9.89. The van der Waals surface area contributed by atoms with Gasteiger partial charge in [0, 0.05) is 0 Å². The van der Waals surface area contributed by atoms with Crippen LogP contribution in [0.15, 0.2) is 0 Å². The van der Waals surface area contributed by atoms with E-state index in [1.165, 1.54) is 0 Å². The Bertz CT molecular complexity index is 131. The number of rotatable bonds is 5. The summed E-state index contributed by atoms with van der Waals surface area (Å²) in [7, 11) is 3.92. The maximum absolute atomic E-state index is 9.28. The molecule has 0 spiro atoms.